The van der Waals surface area contributed by atoms with Gasteiger partial charge in [0.15, 0.2) is 5.78 Å². The Morgan fingerprint density at radius 1 is 1.06 bits per heavy atom. The highest BCUT2D eigenvalue weighted by Crippen LogP contribution is 2.25. The molecule has 0 aromatic carbocycles. The molecule has 1 aromatic heterocycles. The highest BCUT2D eigenvalue weighted by atomic mass is 16.4. The van der Waals surface area contributed by atoms with Gasteiger partial charge in [-0.1, -0.05) is 25.7 Å². The van der Waals surface area contributed by atoms with Crippen molar-refractivity contribution in [1.82, 2.24) is 4.98 Å². The van der Waals surface area contributed by atoms with Gasteiger partial charge in [0.2, 0.25) is 0 Å². The quantitative estimate of drug-likeness (QED) is 0.625. The van der Waals surface area contributed by atoms with Crippen LogP contribution < -0.4 is 0 Å². The van der Waals surface area contributed by atoms with Crippen molar-refractivity contribution < 1.29 is 14.7 Å². The monoisotopic (exact) mass is 235 g/mol. The van der Waals surface area contributed by atoms with Crippen molar-refractivity contribution in [1.29, 1.82) is 0 Å². The van der Waals surface area contributed by atoms with Gasteiger partial charge in [0.1, 0.15) is 5.69 Å². The SMILES string of the molecule is O=C(O)c1ccc(C(=O)C2CCCCCC2)[nH]1. The number of carboxylic acid groups (broad SMARTS) is 1. The molecule has 1 aromatic rings. The lowest BCUT2D eigenvalue weighted by Crippen LogP contribution is -2.14. The van der Waals surface area contributed by atoms with Crippen molar-refractivity contribution in [3.8, 4) is 0 Å². The number of carbonyl (C=O) groups is 2. The number of H-pyrrole nitrogens is 1. The minimum Gasteiger partial charge on any atom is -0.477 e. The molecule has 0 radical (unpaired) electrons. The standard InChI is InChI=1S/C13H17NO3/c15-12(9-5-3-1-2-4-6-9)10-7-8-11(14-10)13(16)17/h7-9,14H,1-6H2,(H,16,17). The molecule has 0 amide bonds. The van der Waals surface area contributed by atoms with Crippen molar-refractivity contribution in [2.75, 3.05) is 0 Å². The average Bonchev–Trinajstić information content (AvgIpc) is 2.65. The summed E-state index contributed by atoms with van der Waals surface area (Å²) in [6.45, 7) is 0. The molecule has 0 aliphatic heterocycles. The van der Waals surface area contributed by atoms with Gasteiger partial charge in [0.25, 0.3) is 0 Å². The van der Waals surface area contributed by atoms with E-state index in [0.29, 0.717) is 5.69 Å². The van der Waals surface area contributed by atoms with Crippen molar-refractivity contribution in [3.05, 3.63) is 23.5 Å². The lowest BCUT2D eigenvalue weighted by atomic mass is 9.94. The molecule has 4 heteroatoms. The number of hydrogen-bond donors (Lipinski definition) is 2. The van der Waals surface area contributed by atoms with E-state index in [9.17, 15) is 9.59 Å². The predicted octanol–water partition coefficient (Wildman–Crippen LogP) is 2.87. The third-order valence-electron chi connectivity index (χ3n) is 3.41. The third-order valence-corrected chi connectivity index (χ3v) is 3.41. The Labute approximate surface area is 100 Å². The number of Topliss-reactive ketones (excluding diaryl/α,β-unsaturated/α-hetero) is 1. The minimum absolute atomic E-state index is 0.0674. The fraction of sp³-hybridized carbons (Fsp3) is 0.538. The summed E-state index contributed by atoms with van der Waals surface area (Å²) >= 11 is 0. The van der Waals surface area contributed by atoms with Gasteiger partial charge >= 0.3 is 5.97 Å². The number of aromatic amines is 1. The van der Waals surface area contributed by atoms with Crippen LogP contribution in [0.2, 0.25) is 0 Å². The van der Waals surface area contributed by atoms with Crippen molar-refractivity contribution in [2.45, 2.75) is 38.5 Å². The van der Waals surface area contributed by atoms with Gasteiger partial charge in [-0.2, -0.15) is 0 Å². The summed E-state index contributed by atoms with van der Waals surface area (Å²) in [4.78, 5) is 25.6. The number of nitrogens with one attached hydrogen (secondary N) is 1. The molecule has 17 heavy (non-hydrogen) atoms. The van der Waals surface area contributed by atoms with Gasteiger partial charge in [-0.05, 0) is 25.0 Å². The molecular weight excluding hydrogens is 218 g/mol. The maximum Gasteiger partial charge on any atom is 0.352 e. The summed E-state index contributed by atoms with van der Waals surface area (Å²) in [5, 5.41) is 8.79. The van der Waals surface area contributed by atoms with E-state index >= 15 is 0 Å². The van der Waals surface area contributed by atoms with Crippen LogP contribution in [-0.4, -0.2) is 21.8 Å². The summed E-state index contributed by atoms with van der Waals surface area (Å²) in [6.07, 6.45) is 6.47. The Morgan fingerprint density at radius 2 is 1.65 bits per heavy atom. The Hall–Kier alpha value is -1.58. The number of ketones is 1. The maximum atomic E-state index is 12.2. The smallest absolute Gasteiger partial charge is 0.352 e. The Balaban J connectivity index is 2.09. The van der Waals surface area contributed by atoms with E-state index in [0.717, 1.165) is 25.7 Å². The van der Waals surface area contributed by atoms with Crippen molar-refractivity contribution >= 4 is 11.8 Å². The minimum atomic E-state index is -1.02. The molecule has 1 fully saturated rings. The summed E-state index contributed by atoms with van der Waals surface area (Å²) < 4.78 is 0. The lowest BCUT2D eigenvalue weighted by Gasteiger charge is -2.10. The number of aromatic nitrogens is 1. The Kier molecular flexibility index (Phi) is 3.61. The second-order valence-corrected chi connectivity index (χ2v) is 4.64. The molecule has 0 unspecified atom stereocenters. The third kappa shape index (κ3) is 2.75. The molecule has 2 N–H and O–H groups in total. The molecule has 0 saturated heterocycles. The number of carbonyl (C=O) groups excluding carboxylic acids is 1. The summed E-state index contributed by atoms with van der Waals surface area (Å²) in [7, 11) is 0. The second-order valence-electron chi connectivity index (χ2n) is 4.64. The maximum absolute atomic E-state index is 12.2. The lowest BCUT2D eigenvalue weighted by molar-refractivity contribution is 0.0691. The van der Waals surface area contributed by atoms with Crippen LogP contribution in [0.3, 0.4) is 0 Å². The van der Waals surface area contributed by atoms with E-state index in [4.69, 9.17) is 5.11 Å². The van der Waals surface area contributed by atoms with Gasteiger partial charge in [0.05, 0.1) is 5.69 Å². The van der Waals surface area contributed by atoms with Crippen LogP contribution in [-0.2, 0) is 0 Å². The first-order valence-electron chi connectivity index (χ1n) is 6.15. The fourth-order valence-corrected chi connectivity index (χ4v) is 2.43. The van der Waals surface area contributed by atoms with E-state index in [2.05, 4.69) is 4.98 Å². The Bertz CT molecular complexity index is 414. The number of carboxylic acids is 1. The molecular formula is C13H17NO3. The molecule has 4 nitrogen and oxygen atoms in total. The summed E-state index contributed by atoms with van der Waals surface area (Å²) in [5.74, 6) is -0.887. The second kappa shape index (κ2) is 5.17. The van der Waals surface area contributed by atoms with E-state index < -0.39 is 5.97 Å². The molecule has 2 rings (SSSR count). The summed E-state index contributed by atoms with van der Waals surface area (Å²) in [5.41, 5.74) is 0.524. The molecule has 0 atom stereocenters. The molecule has 1 aliphatic carbocycles. The molecule has 0 bridgehead atoms. The van der Waals surface area contributed by atoms with Gasteiger partial charge in [-0.15, -0.1) is 0 Å². The Morgan fingerprint density at radius 3 is 2.18 bits per heavy atom. The molecule has 1 aliphatic rings. The van der Waals surface area contributed by atoms with Crippen LogP contribution in [0.15, 0.2) is 12.1 Å². The highest BCUT2D eigenvalue weighted by Gasteiger charge is 2.22. The first-order valence-corrected chi connectivity index (χ1v) is 6.15. The fourth-order valence-electron chi connectivity index (χ4n) is 2.43. The summed E-state index contributed by atoms with van der Waals surface area (Å²) in [6, 6.07) is 3.03. The first kappa shape index (κ1) is 11.9. The van der Waals surface area contributed by atoms with Gasteiger partial charge in [0, 0.05) is 5.92 Å². The van der Waals surface area contributed by atoms with E-state index in [-0.39, 0.29) is 17.4 Å². The van der Waals surface area contributed by atoms with Crippen molar-refractivity contribution in [2.24, 2.45) is 5.92 Å². The van der Waals surface area contributed by atoms with Crippen LogP contribution in [0.1, 0.15) is 59.5 Å². The molecule has 92 valence electrons. The largest absolute Gasteiger partial charge is 0.477 e. The number of aromatic carboxylic acids is 1. The van der Waals surface area contributed by atoms with Crippen LogP contribution in [0, 0.1) is 5.92 Å². The molecule has 1 saturated carbocycles. The topological polar surface area (TPSA) is 70.2 Å². The van der Waals surface area contributed by atoms with Crippen LogP contribution in [0.5, 0.6) is 0 Å². The predicted molar refractivity (Wildman–Crippen MR) is 63.3 cm³/mol. The van der Waals surface area contributed by atoms with Gasteiger partial charge in [-0.3, -0.25) is 4.79 Å². The van der Waals surface area contributed by atoms with Gasteiger partial charge < -0.3 is 10.1 Å². The number of rotatable bonds is 3. The van der Waals surface area contributed by atoms with Gasteiger partial charge in [-0.25, -0.2) is 4.79 Å². The molecule has 1 heterocycles. The zero-order valence-corrected chi connectivity index (χ0v) is 9.74. The normalized spacial score (nSPS) is 17.6. The molecule has 0 spiro atoms. The van der Waals surface area contributed by atoms with E-state index in [1.165, 1.54) is 18.9 Å². The average molecular weight is 235 g/mol. The van der Waals surface area contributed by atoms with Crippen LogP contribution >= 0.6 is 0 Å². The highest BCUT2D eigenvalue weighted by molar-refractivity contribution is 5.98. The van der Waals surface area contributed by atoms with E-state index in [1.54, 1.807) is 6.07 Å². The van der Waals surface area contributed by atoms with E-state index in [1.807, 2.05) is 0 Å². The van der Waals surface area contributed by atoms with Crippen LogP contribution in [0.25, 0.3) is 0 Å². The first-order chi connectivity index (χ1) is 8.18. The zero-order valence-electron chi connectivity index (χ0n) is 9.74. The van der Waals surface area contributed by atoms with Crippen molar-refractivity contribution in [3.63, 3.8) is 0 Å². The van der Waals surface area contributed by atoms with Crippen LogP contribution in [0.4, 0.5) is 0 Å². The zero-order chi connectivity index (χ0) is 12.3. The number of hydrogen-bond acceptors (Lipinski definition) is 2.